The number of rotatable bonds is 8. The highest BCUT2D eigenvalue weighted by Crippen LogP contribution is 2.17. The van der Waals surface area contributed by atoms with Crippen LogP contribution >= 0.6 is 0 Å². The van der Waals surface area contributed by atoms with E-state index in [1.165, 1.54) is 0 Å². The van der Waals surface area contributed by atoms with Crippen LogP contribution < -0.4 is 15.4 Å². The maximum atomic E-state index is 11.7. The number of aromatic nitrogens is 2. The van der Waals surface area contributed by atoms with Crippen molar-refractivity contribution in [3.63, 3.8) is 0 Å². The number of methoxy groups -OCH3 is 1. The van der Waals surface area contributed by atoms with Gasteiger partial charge in [0.1, 0.15) is 11.6 Å². The van der Waals surface area contributed by atoms with Gasteiger partial charge in [-0.2, -0.15) is 4.98 Å². The normalized spacial score (nSPS) is 10.2. The highest BCUT2D eigenvalue weighted by molar-refractivity contribution is 5.89. The number of carbonyl (C=O) groups excluding carboxylic acids is 1. The number of benzene rings is 2. The maximum absolute atomic E-state index is 11.7. The molecule has 2 aromatic carbocycles. The maximum Gasteiger partial charge on any atom is 0.338 e. The molecule has 28 heavy (non-hydrogen) atoms. The van der Waals surface area contributed by atoms with E-state index in [0.29, 0.717) is 30.5 Å². The number of esters is 1. The van der Waals surface area contributed by atoms with Crippen molar-refractivity contribution >= 4 is 23.4 Å². The van der Waals surface area contributed by atoms with Gasteiger partial charge in [0.25, 0.3) is 0 Å². The first kappa shape index (κ1) is 19.2. The Bertz CT molecular complexity index is 912. The zero-order chi connectivity index (χ0) is 19.8. The van der Waals surface area contributed by atoms with Crippen molar-refractivity contribution in [2.24, 2.45) is 0 Å². The molecule has 3 rings (SSSR count). The standard InChI is InChI=1S/C21H22N4O3/c1-3-28-20(26)16-6-8-17(9-7-16)24-21-22-13-12-19(25-21)23-14-15-4-10-18(27-2)11-5-15/h4-13H,3,14H2,1-2H3,(H2,22,23,24,25). The lowest BCUT2D eigenvalue weighted by molar-refractivity contribution is 0.0526. The lowest BCUT2D eigenvalue weighted by Crippen LogP contribution is -2.05. The largest absolute Gasteiger partial charge is 0.497 e. The number of ether oxygens (including phenoxy) is 2. The van der Waals surface area contributed by atoms with Crippen LogP contribution in [0.3, 0.4) is 0 Å². The number of hydrogen-bond acceptors (Lipinski definition) is 7. The number of anilines is 3. The molecule has 0 atom stereocenters. The van der Waals surface area contributed by atoms with Crippen molar-refractivity contribution in [1.29, 1.82) is 0 Å². The molecular weight excluding hydrogens is 356 g/mol. The second-order valence-corrected chi connectivity index (χ2v) is 5.89. The van der Waals surface area contributed by atoms with Crippen LogP contribution in [0, 0.1) is 0 Å². The average Bonchev–Trinajstić information content (AvgIpc) is 2.73. The molecule has 1 aromatic heterocycles. The van der Waals surface area contributed by atoms with Crippen molar-refractivity contribution in [2.45, 2.75) is 13.5 Å². The van der Waals surface area contributed by atoms with Crippen LogP contribution in [0.15, 0.2) is 60.8 Å². The lowest BCUT2D eigenvalue weighted by Gasteiger charge is -2.09. The Hall–Kier alpha value is -3.61. The van der Waals surface area contributed by atoms with Crippen molar-refractivity contribution in [3.8, 4) is 5.75 Å². The second-order valence-electron chi connectivity index (χ2n) is 5.89. The SMILES string of the molecule is CCOC(=O)c1ccc(Nc2nccc(NCc3ccc(OC)cc3)n2)cc1. The average molecular weight is 378 g/mol. The summed E-state index contributed by atoms with van der Waals surface area (Å²) in [5, 5.41) is 6.39. The second kappa shape index (κ2) is 9.36. The molecule has 3 aromatic rings. The summed E-state index contributed by atoms with van der Waals surface area (Å²) in [5.74, 6) is 1.65. The van der Waals surface area contributed by atoms with E-state index >= 15 is 0 Å². The molecule has 0 spiro atoms. The topological polar surface area (TPSA) is 85.4 Å². The molecule has 0 saturated carbocycles. The monoisotopic (exact) mass is 378 g/mol. The fourth-order valence-electron chi connectivity index (χ4n) is 2.49. The Kier molecular flexibility index (Phi) is 6.41. The Morgan fingerprint density at radius 1 is 1.04 bits per heavy atom. The summed E-state index contributed by atoms with van der Waals surface area (Å²) in [6, 6.07) is 16.6. The highest BCUT2D eigenvalue weighted by Gasteiger charge is 2.06. The van der Waals surface area contributed by atoms with Gasteiger partial charge in [0.15, 0.2) is 0 Å². The number of carbonyl (C=O) groups is 1. The smallest absolute Gasteiger partial charge is 0.338 e. The van der Waals surface area contributed by atoms with E-state index < -0.39 is 0 Å². The predicted octanol–water partition coefficient (Wildman–Crippen LogP) is 4.02. The Labute approximate surface area is 163 Å². The van der Waals surface area contributed by atoms with Gasteiger partial charge in [-0.05, 0) is 55.0 Å². The van der Waals surface area contributed by atoms with E-state index in [-0.39, 0.29) is 5.97 Å². The summed E-state index contributed by atoms with van der Waals surface area (Å²) in [5.41, 5.74) is 2.40. The number of nitrogens with one attached hydrogen (secondary N) is 2. The van der Waals surface area contributed by atoms with Gasteiger partial charge in [-0.3, -0.25) is 0 Å². The highest BCUT2D eigenvalue weighted by atomic mass is 16.5. The van der Waals surface area contributed by atoms with E-state index in [9.17, 15) is 4.79 Å². The summed E-state index contributed by atoms with van der Waals surface area (Å²) < 4.78 is 10.1. The van der Waals surface area contributed by atoms with E-state index in [1.807, 2.05) is 24.3 Å². The zero-order valence-electron chi connectivity index (χ0n) is 15.8. The third-order valence-corrected chi connectivity index (χ3v) is 3.94. The molecule has 144 valence electrons. The first-order chi connectivity index (χ1) is 13.7. The minimum atomic E-state index is -0.338. The zero-order valence-corrected chi connectivity index (χ0v) is 15.8. The Morgan fingerprint density at radius 2 is 1.79 bits per heavy atom. The van der Waals surface area contributed by atoms with Crippen LogP contribution in [0.25, 0.3) is 0 Å². The molecule has 0 amide bonds. The summed E-state index contributed by atoms with van der Waals surface area (Å²) in [6.45, 7) is 2.76. The van der Waals surface area contributed by atoms with Crippen LogP contribution in [0.4, 0.5) is 17.5 Å². The van der Waals surface area contributed by atoms with E-state index in [4.69, 9.17) is 9.47 Å². The third kappa shape index (κ3) is 5.20. The van der Waals surface area contributed by atoms with Gasteiger partial charge in [-0.25, -0.2) is 9.78 Å². The fraction of sp³-hybridized carbons (Fsp3) is 0.190. The first-order valence-corrected chi connectivity index (χ1v) is 8.92. The summed E-state index contributed by atoms with van der Waals surface area (Å²) in [7, 11) is 1.65. The number of nitrogens with zero attached hydrogens (tertiary/aromatic N) is 2. The molecule has 0 saturated heterocycles. The summed E-state index contributed by atoms with van der Waals surface area (Å²) in [6.07, 6.45) is 1.68. The Balaban J connectivity index is 1.60. The third-order valence-electron chi connectivity index (χ3n) is 3.94. The van der Waals surface area contributed by atoms with Crippen molar-refractivity contribution in [1.82, 2.24) is 9.97 Å². The van der Waals surface area contributed by atoms with Gasteiger partial charge in [0.2, 0.25) is 5.95 Å². The summed E-state index contributed by atoms with van der Waals surface area (Å²) >= 11 is 0. The predicted molar refractivity (Wildman–Crippen MR) is 108 cm³/mol. The summed E-state index contributed by atoms with van der Waals surface area (Å²) in [4.78, 5) is 20.4. The van der Waals surface area contributed by atoms with Crippen LogP contribution in [-0.2, 0) is 11.3 Å². The van der Waals surface area contributed by atoms with Crippen molar-refractivity contribution < 1.29 is 14.3 Å². The van der Waals surface area contributed by atoms with E-state index in [2.05, 4.69) is 20.6 Å². The van der Waals surface area contributed by atoms with Crippen molar-refractivity contribution in [2.75, 3.05) is 24.4 Å². The van der Waals surface area contributed by atoms with Crippen LogP contribution in [-0.4, -0.2) is 29.7 Å². The van der Waals surface area contributed by atoms with Crippen LogP contribution in [0.5, 0.6) is 5.75 Å². The Morgan fingerprint density at radius 3 is 2.46 bits per heavy atom. The molecule has 7 heteroatoms. The quantitative estimate of drug-likeness (QED) is 0.573. The van der Waals surface area contributed by atoms with Crippen LogP contribution in [0.2, 0.25) is 0 Å². The van der Waals surface area contributed by atoms with Gasteiger partial charge < -0.3 is 20.1 Å². The molecule has 0 unspecified atom stereocenters. The van der Waals surface area contributed by atoms with E-state index in [1.54, 1.807) is 50.6 Å². The molecule has 0 radical (unpaired) electrons. The lowest BCUT2D eigenvalue weighted by atomic mass is 10.2. The molecule has 0 aliphatic rings. The molecule has 0 fully saturated rings. The van der Waals surface area contributed by atoms with Gasteiger partial charge in [0.05, 0.1) is 19.3 Å². The molecule has 1 heterocycles. The van der Waals surface area contributed by atoms with Gasteiger partial charge in [-0.15, -0.1) is 0 Å². The molecule has 0 aliphatic heterocycles. The number of hydrogen-bond donors (Lipinski definition) is 2. The van der Waals surface area contributed by atoms with Crippen LogP contribution in [0.1, 0.15) is 22.8 Å². The van der Waals surface area contributed by atoms with E-state index in [0.717, 1.165) is 17.0 Å². The minimum Gasteiger partial charge on any atom is -0.497 e. The first-order valence-electron chi connectivity index (χ1n) is 8.92. The molecule has 7 nitrogen and oxygen atoms in total. The van der Waals surface area contributed by atoms with Gasteiger partial charge >= 0.3 is 5.97 Å². The molecular formula is C21H22N4O3. The molecule has 0 bridgehead atoms. The molecule has 2 N–H and O–H groups in total. The minimum absolute atomic E-state index is 0.338. The van der Waals surface area contributed by atoms with Crippen molar-refractivity contribution in [3.05, 3.63) is 71.9 Å². The fourth-order valence-corrected chi connectivity index (χ4v) is 2.49. The van der Waals surface area contributed by atoms with Gasteiger partial charge in [0, 0.05) is 18.4 Å². The van der Waals surface area contributed by atoms with Gasteiger partial charge in [-0.1, -0.05) is 12.1 Å². The molecule has 0 aliphatic carbocycles.